The van der Waals surface area contributed by atoms with Gasteiger partial charge in [-0.15, -0.1) is 10.2 Å². The number of aromatic nitrogens is 2. The monoisotopic (exact) mass is 265 g/mol. The van der Waals surface area contributed by atoms with Crippen molar-refractivity contribution >= 4 is 16.6 Å². The van der Waals surface area contributed by atoms with Gasteiger partial charge in [-0.1, -0.05) is 29.8 Å². The molecule has 0 radical (unpaired) electrons. The molecule has 0 bridgehead atoms. The quantitative estimate of drug-likeness (QED) is 0.828. The molecule has 0 fully saturated rings. The van der Waals surface area contributed by atoms with E-state index in [0.717, 1.165) is 42.6 Å². The Morgan fingerprint density at radius 1 is 1.30 bits per heavy atom. The summed E-state index contributed by atoms with van der Waals surface area (Å²) in [6, 6.07) is 9.83. The van der Waals surface area contributed by atoms with Crippen LogP contribution in [0.2, 0.25) is 0 Å². The number of hydrogen-bond acceptors (Lipinski definition) is 5. The van der Waals surface area contributed by atoms with Gasteiger partial charge in [0.05, 0.1) is 11.2 Å². The highest BCUT2D eigenvalue weighted by Gasteiger charge is 2.11. The van der Waals surface area contributed by atoms with Gasteiger partial charge in [-0.3, -0.25) is 0 Å². The third-order valence-corrected chi connectivity index (χ3v) is 3.42. The largest absolute Gasteiger partial charge is 0.378 e. The van der Waals surface area contributed by atoms with Gasteiger partial charge in [0.2, 0.25) is 0 Å². The van der Waals surface area contributed by atoms with Crippen molar-refractivity contribution in [1.82, 2.24) is 15.5 Å². The number of fused-ring (bicyclic) bond motifs is 1. The highest BCUT2D eigenvalue weighted by atomic mass is 15.1. The minimum absolute atomic E-state index is 0.346. The molecule has 0 amide bonds. The summed E-state index contributed by atoms with van der Waals surface area (Å²) in [6.07, 6.45) is 3.23. The number of nitrogens with zero attached hydrogens (tertiary/aromatic N) is 3. The Labute approximate surface area is 117 Å². The van der Waals surface area contributed by atoms with Crippen molar-refractivity contribution < 1.29 is 0 Å². The molecule has 0 unspecified atom stereocenters. The standard InChI is InChI=1S/C15H15N5/c16-9-14-15(18-10-11-5-7-17-8-6-11)12-3-1-2-4-13(12)19-20-14/h1-5,17H,6-8,10H2,(H,18,19). The molecule has 0 saturated carbocycles. The second kappa shape index (κ2) is 5.68. The average molecular weight is 265 g/mol. The van der Waals surface area contributed by atoms with Gasteiger partial charge in [0.25, 0.3) is 0 Å². The van der Waals surface area contributed by atoms with Crippen LogP contribution < -0.4 is 10.6 Å². The molecule has 1 aliphatic heterocycles. The van der Waals surface area contributed by atoms with E-state index in [4.69, 9.17) is 0 Å². The lowest BCUT2D eigenvalue weighted by Crippen LogP contribution is -2.23. The van der Waals surface area contributed by atoms with Crippen LogP contribution in [0.4, 0.5) is 5.69 Å². The van der Waals surface area contributed by atoms with Crippen LogP contribution in [0, 0.1) is 11.3 Å². The number of nitrogens with one attached hydrogen (secondary N) is 2. The molecule has 3 rings (SSSR count). The van der Waals surface area contributed by atoms with Gasteiger partial charge in [0.15, 0.2) is 5.69 Å². The van der Waals surface area contributed by atoms with Crippen LogP contribution in [0.15, 0.2) is 35.9 Å². The molecule has 2 heterocycles. The number of benzene rings is 1. The molecule has 0 aliphatic carbocycles. The van der Waals surface area contributed by atoms with Crippen LogP contribution in [0.5, 0.6) is 0 Å². The van der Waals surface area contributed by atoms with Crippen molar-refractivity contribution in [3.63, 3.8) is 0 Å². The van der Waals surface area contributed by atoms with E-state index in [1.807, 2.05) is 24.3 Å². The molecule has 0 saturated heterocycles. The van der Waals surface area contributed by atoms with Crippen molar-refractivity contribution in [3.05, 3.63) is 41.6 Å². The first-order chi connectivity index (χ1) is 9.88. The number of nitriles is 1. The van der Waals surface area contributed by atoms with E-state index >= 15 is 0 Å². The maximum Gasteiger partial charge on any atom is 0.186 e. The predicted molar refractivity (Wildman–Crippen MR) is 78.3 cm³/mol. The molecule has 2 N–H and O–H groups in total. The fraction of sp³-hybridized carbons (Fsp3) is 0.267. The molecular formula is C15H15N5. The predicted octanol–water partition coefficient (Wildman–Crippen LogP) is 1.83. The summed E-state index contributed by atoms with van der Waals surface area (Å²) in [5.74, 6) is 0. The third-order valence-electron chi connectivity index (χ3n) is 3.42. The van der Waals surface area contributed by atoms with Crippen LogP contribution in [0.3, 0.4) is 0 Å². The highest BCUT2D eigenvalue weighted by molar-refractivity contribution is 5.92. The van der Waals surface area contributed by atoms with E-state index < -0.39 is 0 Å². The summed E-state index contributed by atoms with van der Waals surface area (Å²) >= 11 is 0. The second-order valence-electron chi connectivity index (χ2n) is 4.72. The van der Waals surface area contributed by atoms with E-state index in [1.165, 1.54) is 5.57 Å². The Kier molecular flexibility index (Phi) is 3.57. The van der Waals surface area contributed by atoms with Crippen LogP contribution >= 0.6 is 0 Å². The molecule has 100 valence electrons. The minimum atomic E-state index is 0.346. The molecule has 0 spiro atoms. The molecule has 1 aromatic carbocycles. The van der Waals surface area contributed by atoms with E-state index in [2.05, 4.69) is 33.0 Å². The van der Waals surface area contributed by atoms with Gasteiger partial charge in [-0.2, -0.15) is 5.26 Å². The summed E-state index contributed by atoms with van der Waals surface area (Å²) in [7, 11) is 0. The van der Waals surface area contributed by atoms with Gasteiger partial charge in [0, 0.05) is 18.5 Å². The summed E-state index contributed by atoms with van der Waals surface area (Å²) in [4.78, 5) is 0. The summed E-state index contributed by atoms with van der Waals surface area (Å²) < 4.78 is 0. The Hall–Kier alpha value is -2.45. The molecule has 1 aliphatic rings. The van der Waals surface area contributed by atoms with Gasteiger partial charge in [-0.25, -0.2) is 0 Å². The fourth-order valence-electron chi connectivity index (χ4n) is 2.34. The lowest BCUT2D eigenvalue weighted by molar-refractivity contribution is 0.698. The van der Waals surface area contributed by atoms with Gasteiger partial charge in [0.1, 0.15) is 6.07 Å². The van der Waals surface area contributed by atoms with Crippen LogP contribution in [-0.4, -0.2) is 29.8 Å². The maximum absolute atomic E-state index is 9.20. The SMILES string of the molecule is N#Cc1nnc2ccccc2c1NCC1=CCNCC1. The van der Waals surface area contributed by atoms with Crippen LogP contribution in [0.25, 0.3) is 10.9 Å². The van der Waals surface area contributed by atoms with E-state index in [-0.39, 0.29) is 0 Å². The first kappa shape index (κ1) is 12.6. The highest BCUT2D eigenvalue weighted by Crippen LogP contribution is 2.24. The first-order valence-electron chi connectivity index (χ1n) is 6.66. The Bertz CT molecular complexity index is 699. The minimum Gasteiger partial charge on any atom is -0.378 e. The summed E-state index contributed by atoms with van der Waals surface area (Å²) in [5.41, 5.74) is 3.28. The van der Waals surface area contributed by atoms with E-state index in [0.29, 0.717) is 5.69 Å². The molecule has 5 nitrogen and oxygen atoms in total. The van der Waals surface area contributed by atoms with Crippen molar-refractivity contribution in [2.75, 3.05) is 25.0 Å². The zero-order valence-electron chi connectivity index (χ0n) is 11.1. The molecule has 5 heteroatoms. The Balaban J connectivity index is 1.93. The van der Waals surface area contributed by atoms with Crippen molar-refractivity contribution in [2.24, 2.45) is 0 Å². The fourth-order valence-corrected chi connectivity index (χ4v) is 2.34. The Morgan fingerprint density at radius 2 is 2.20 bits per heavy atom. The van der Waals surface area contributed by atoms with Crippen LogP contribution in [0.1, 0.15) is 12.1 Å². The van der Waals surface area contributed by atoms with Crippen LogP contribution in [-0.2, 0) is 0 Å². The Morgan fingerprint density at radius 3 is 3.00 bits per heavy atom. The lowest BCUT2D eigenvalue weighted by Gasteiger charge is -2.16. The zero-order valence-corrected chi connectivity index (χ0v) is 11.1. The lowest BCUT2D eigenvalue weighted by atomic mass is 10.1. The number of anilines is 1. The summed E-state index contributed by atoms with van der Waals surface area (Å²) in [6.45, 7) is 2.66. The molecule has 1 aromatic heterocycles. The third kappa shape index (κ3) is 2.46. The van der Waals surface area contributed by atoms with Gasteiger partial charge < -0.3 is 10.6 Å². The smallest absolute Gasteiger partial charge is 0.186 e. The molecule has 0 atom stereocenters. The number of hydrogen-bond donors (Lipinski definition) is 2. The topological polar surface area (TPSA) is 73.6 Å². The molecule has 20 heavy (non-hydrogen) atoms. The van der Waals surface area contributed by atoms with E-state index in [9.17, 15) is 5.26 Å². The summed E-state index contributed by atoms with van der Waals surface area (Å²) in [5, 5.41) is 24.8. The van der Waals surface area contributed by atoms with Gasteiger partial charge in [-0.05, 0) is 19.0 Å². The van der Waals surface area contributed by atoms with Crippen molar-refractivity contribution in [3.8, 4) is 6.07 Å². The van der Waals surface area contributed by atoms with Crippen molar-refractivity contribution in [2.45, 2.75) is 6.42 Å². The maximum atomic E-state index is 9.20. The second-order valence-corrected chi connectivity index (χ2v) is 4.72. The molecular weight excluding hydrogens is 250 g/mol. The molecule has 2 aromatic rings. The average Bonchev–Trinajstić information content (AvgIpc) is 2.53. The number of rotatable bonds is 3. The normalized spacial score (nSPS) is 14.7. The van der Waals surface area contributed by atoms with E-state index in [1.54, 1.807) is 0 Å². The zero-order chi connectivity index (χ0) is 13.8. The van der Waals surface area contributed by atoms with Gasteiger partial charge >= 0.3 is 0 Å². The van der Waals surface area contributed by atoms with Crippen molar-refractivity contribution in [1.29, 1.82) is 5.26 Å². The first-order valence-corrected chi connectivity index (χ1v) is 6.66.